The fourth-order valence-corrected chi connectivity index (χ4v) is 2.03. The molecule has 0 spiro atoms. The molecule has 1 aliphatic rings. The Morgan fingerprint density at radius 1 is 1.37 bits per heavy atom. The summed E-state index contributed by atoms with van der Waals surface area (Å²) in [5, 5.41) is 2.75. The lowest BCUT2D eigenvalue weighted by Crippen LogP contribution is -2.44. The minimum Gasteiger partial charge on any atom is -0.367 e. The number of amides is 2. The van der Waals surface area contributed by atoms with Crippen molar-refractivity contribution in [3.05, 3.63) is 0 Å². The highest BCUT2D eigenvalue weighted by Crippen LogP contribution is 2.18. The number of hydrogen-bond acceptors (Lipinski definition) is 4. The Balaban J connectivity index is 0.00000324. The number of nitrogens with two attached hydrogens (primary N) is 2. The van der Waals surface area contributed by atoms with Crippen molar-refractivity contribution in [2.75, 3.05) is 6.54 Å². The predicted octanol–water partition coefficient (Wildman–Crippen LogP) is -0.0693. The lowest BCUT2D eigenvalue weighted by Gasteiger charge is -2.16. The van der Waals surface area contributed by atoms with Gasteiger partial charge < -0.3 is 21.5 Å². The van der Waals surface area contributed by atoms with Gasteiger partial charge in [-0.2, -0.15) is 0 Å². The SMILES string of the molecule is CC(C)C[C@H](N)C(=O)NCC1CCC(C(N)=O)O1.Cl. The van der Waals surface area contributed by atoms with Crippen LogP contribution in [0, 0.1) is 5.92 Å². The normalized spacial score (nSPS) is 23.8. The van der Waals surface area contributed by atoms with Crippen LogP contribution in [0.2, 0.25) is 0 Å². The lowest BCUT2D eigenvalue weighted by molar-refractivity contribution is -0.128. The summed E-state index contributed by atoms with van der Waals surface area (Å²) < 4.78 is 5.40. The third-order valence-electron chi connectivity index (χ3n) is 2.99. The van der Waals surface area contributed by atoms with Gasteiger partial charge in [0.2, 0.25) is 11.8 Å². The molecule has 19 heavy (non-hydrogen) atoms. The third kappa shape index (κ3) is 6.22. The van der Waals surface area contributed by atoms with Gasteiger partial charge in [-0.3, -0.25) is 9.59 Å². The molecule has 0 aromatic carbocycles. The molecule has 0 saturated carbocycles. The van der Waals surface area contributed by atoms with Gasteiger partial charge in [0, 0.05) is 6.54 Å². The molecule has 0 bridgehead atoms. The zero-order valence-electron chi connectivity index (χ0n) is 11.4. The van der Waals surface area contributed by atoms with Gasteiger partial charge in [-0.15, -0.1) is 12.4 Å². The summed E-state index contributed by atoms with van der Waals surface area (Å²) in [6, 6.07) is -0.488. The van der Waals surface area contributed by atoms with Gasteiger partial charge in [-0.05, 0) is 25.2 Å². The highest BCUT2D eigenvalue weighted by atomic mass is 35.5. The zero-order valence-corrected chi connectivity index (χ0v) is 12.2. The lowest BCUT2D eigenvalue weighted by atomic mass is 10.0. The van der Waals surface area contributed by atoms with Gasteiger partial charge >= 0.3 is 0 Å². The number of carbonyl (C=O) groups excluding carboxylic acids is 2. The van der Waals surface area contributed by atoms with Crippen LogP contribution in [0.25, 0.3) is 0 Å². The molecule has 2 amide bonds. The Hall–Kier alpha value is -0.850. The second-order valence-electron chi connectivity index (χ2n) is 5.21. The third-order valence-corrected chi connectivity index (χ3v) is 2.99. The van der Waals surface area contributed by atoms with Crippen molar-refractivity contribution in [1.29, 1.82) is 0 Å². The molecule has 1 aliphatic heterocycles. The van der Waals surface area contributed by atoms with E-state index in [1.807, 2.05) is 13.8 Å². The molecule has 6 nitrogen and oxygen atoms in total. The predicted molar refractivity (Wildman–Crippen MR) is 74.8 cm³/mol. The molecule has 5 N–H and O–H groups in total. The van der Waals surface area contributed by atoms with Crippen molar-refractivity contribution in [2.24, 2.45) is 17.4 Å². The summed E-state index contributed by atoms with van der Waals surface area (Å²) in [4.78, 5) is 22.6. The van der Waals surface area contributed by atoms with Crippen molar-refractivity contribution >= 4 is 24.2 Å². The first-order valence-corrected chi connectivity index (χ1v) is 6.38. The van der Waals surface area contributed by atoms with E-state index in [-0.39, 0.29) is 24.4 Å². The molecular formula is C12H24ClN3O3. The van der Waals surface area contributed by atoms with Crippen LogP contribution < -0.4 is 16.8 Å². The molecule has 0 aliphatic carbocycles. The number of halogens is 1. The van der Waals surface area contributed by atoms with Gasteiger partial charge in [-0.1, -0.05) is 13.8 Å². The van der Waals surface area contributed by atoms with Gasteiger partial charge in [-0.25, -0.2) is 0 Å². The van der Waals surface area contributed by atoms with Gasteiger partial charge in [0.25, 0.3) is 0 Å². The number of ether oxygens (including phenoxy) is 1. The van der Waals surface area contributed by atoms with E-state index in [1.165, 1.54) is 0 Å². The average Bonchev–Trinajstić information content (AvgIpc) is 2.73. The molecule has 0 radical (unpaired) electrons. The number of nitrogens with one attached hydrogen (secondary N) is 1. The first-order valence-electron chi connectivity index (χ1n) is 6.38. The first kappa shape index (κ1) is 18.1. The molecule has 112 valence electrons. The first-order chi connectivity index (χ1) is 8.40. The van der Waals surface area contributed by atoms with Crippen molar-refractivity contribution in [2.45, 2.75) is 51.4 Å². The summed E-state index contributed by atoms with van der Waals surface area (Å²) in [6.07, 6.45) is 1.34. The molecule has 1 fully saturated rings. The molecule has 0 aromatic heterocycles. The molecule has 1 saturated heterocycles. The maximum Gasteiger partial charge on any atom is 0.246 e. The Kier molecular flexibility index (Phi) is 7.97. The Morgan fingerprint density at radius 2 is 2.00 bits per heavy atom. The smallest absolute Gasteiger partial charge is 0.246 e. The Labute approximate surface area is 120 Å². The monoisotopic (exact) mass is 293 g/mol. The molecule has 3 atom stereocenters. The van der Waals surface area contributed by atoms with Crippen LogP contribution in [-0.2, 0) is 14.3 Å². The van der Waals surface area contributed by atoms with Crippen LogP contribution >= 0.6 is 12.4 Å². The summed E-state index contributed by atoms with van der Waals surface area (Å²) >= 11 is 0. The minimum atomic E-state index is -0.517. The van der Waals surface area contributed by atoms with Gasteiger partial charge in [0.05, 0.1) is 12.1 Å². The van der Waals surface area contributed by atoms with Crippen LogP contribution in [0.15, 0.2) is 0 Å². The fraction of sp³-hybridized carbons (Fsp3) is 0.833. The van der Waals surface area contributed by atoms with Crippen LogP contribution in [0.1, 0.15) is 33.1 Å². The van der Waals surface area contributed by atoms with Crippen molar-refractivity contribution in [3.63, 3.8) is 0 Å². The Bertz CT molecular complexity index is 313. The largest absolute Gasteiger partial charge is 0.367 e. The van der Waals surface area contributed by atoms with E-state index >= 15 is 0 Å². The van der Waals surface area contributed by atoms with E-state index in [4.69, 9.17) is 16.2 Å². The van der Waals surface area contributed by atoms with Crippen molar-refractivity contribution in [3.8, 4) is 0 Å². The molecular weight excluding hydrogens is 270 g/mol. The summed E-state index contributed by atoms with van der Waals surface area (Å²) in [6.45, 7) is 4.42. The van der Waals surface area contributed by atoms with Crippen molar-refractivity contribution < 1.29 is 14.3 Å². The number of hydrogen-bond donors (Lipinski definition) is 3. The summed E-state index contributed by atoms with van der Waals surface area (Å²) in [5.41, 5.74) is 10.9. The van der Waals surface area contributed by atoms with E-state index in [1.54, 1.807) is 0 Å². The quantitative estimate of drug-likeness (QED) is 0.637. The standard InChI is InChI=1S/C12H23N3O3.ClH/c1-7(2)5-9(13)12(17)15-6-8-3-4-10(18-8)11(14)16;/h7-10H,3-6,13H2,1-2H3,(H2,14,16)(H,15,17);1H/t8?,9-,10?;/m0./s1. The highest BCUT2D eigenvalue weighted by molar-refractivity contribution is 5.85. The highest BCUT2D eigenvalue weighted by Gasteiger charge is 2.29. The molecule has 7 heteroatoms. The van der Waals surface area contributed by atoms with E-state index in [9.17, 15) is 9.59 Å². The van der Waals surface area contributed by atoms with Crippen LogP contribution in [0.4, 0.5) is 0 Å². The van der Waals surface area contributed by atoms with Gasteiger partial charge in [0.15, 0.2) is 0 Å². The fourth-order valence-electron chi connectivity index (χ4n) is 2.03. The van der Waals surface area contributed by atoms with Gasteiger partial charge in [0.1, 0.15) is 6.10 Å². The zero-order chi connectivity index (χ0) is 13.7. The number of rotatable bonds is 6. The van der Waals surface area contributed by atoms with E-state index < -0.39 is 18.1 Å². The second-order valence-corrected chi connectivity index (χ2v) is 5.21. The average molecular weight is 294 g/mol. The molecule has 0 aromatic rings. The topological polar surface area (TPSA) is 107 Å². The number of primary amides is 1. The minimum absolute atomic E-state index is 0. The van der Waals surface area contributed by atoms with Crippen molar-refractivity contribution in [1.82, 2.24) is 5.32 Å². The maximum atomic E-state index is 11.7. The number of carbonyl (C=O) groups is 2. The van der Waals surface area contributed by atoms with Crippen LogP contribution in [0.3, 0.4) is 0 Å². The second kappa shape index (κ2) is 8.35. The molecule has 2 unspecified atom stereocenters. The summed E-state index contributed by atoms with van der Waals surface area (Å²) in [5.74, 6) is -0.233. The Morgan fingerprint density at radius 3 is 2.47 bits per heavy atom. The summed E-state index contributed by atoms with van der Waals surface area (Å²) in [7, 11) is 0. The van der Waals surface area contributed by atoms with E-state index in [2.05, 4.69) is 5.32 Å². The van der Waals surface area contributed by atoms with E-state index in [0.29, 0.717) is 25.3 Å². The van der Waals surface area contributed by atoms with Crippen LogP contribution in [-0.4, -0.2) is 36.6 Å². The molecule has 1 heterocycles. The molecule has 1 rings (SSSR count). The maximum absolute atomic E-state index is 11.7. The van der Waals surface area contributed by atoms with Crippen LogP contribution in [0.5, 0.6) is 0 Å². The van der Waals surface area contributed by atoms with E-state index in [0.717, 1.165) is 6.42 Å².